The number of aromatic nitrogens is 3. The highest BCUT2D eigenvalue weighted by Gasteiger charge is 2.10. The first kappa shape index (κ1) is 16.0. The van der Waals surface area contributed by atoms with Gasteiger partial charge in [0.05, 0.1) is 17.7 Å². The van der Waals surface area contributed by atoms with E-state index in [4.69, 9.17) is 4.74 Å². The van der Waals surface area contributed by atoms with Crippen molar-refractivity contribution < 1.29 is 4.74 Å². The Morgan fingerprint density at radius 1 is 1.26 bits per heavy atom. The fourth-order valence-electron chi connectivity index (χ4n) is 2.37. The van der Waals surface area contributed by atoms with E-state index in [2.05, 4.69) is 47.4 Å². The van der Waals surface area contributed by atoms with E-state index in [-0.39, 0.29) is 0 Å². The van der Waals surface area contributed by atoms with Crippen LogP contribution in [0.3, 0.4) is 0 Å². The van der Waals surface area contributed by atoms with Crippen LogP contribution < -0.4 is 4.74 Å². The monoisotopic (exact) mass is 330 g/mol. The fraction of sp³-hybridized carbons (Fsp3) is 0.412. The number of hydrogen-bond donors (Lipinski definition) is 0. The van der Waals surface area contributed by atoms with Crippen molar-refractivity contribution in [3.05, 3.63) is 35.3 Å². The van der Waals surface area contributed by atoms with Crippen molar-refractivity contribution in [2.45, 2.75) is 19.8 Å². The molecule has 5 nitrogen and oxygen atoms in total. The molecule has 23 heavy (non-hydrogen) atoms. The minimum atomic E-state index is 0.648. The van der Waals surface area contributed by atoms with Gasteiger partial charge in [0.1, 0.15) is 5.69 Å². The zero-order chi connectivity index (χ0) is 16.2. The molecular formula is C17H22N4OS. The van der Waals surface area contributed by atoms with Crippen molar-refractivity contribution in [3.63, 3.8) is 0 Å². The van der Waals surface area contributed by atoms with Gasteiger partial charge in [0.25, 0.3) is 0 Å². The third-order valence-corrected chi connectivity index (χ3v) is 4.64. The lowest BCUT2D eigenvalue weighted by molar-refractivity contribution is 0.280. The summed E-state index contributed by atoms with van der Waals surface area (Å²) < 4.78 is 7.65. The first-order valence-electron chi connectivity index (χ1n) is 7.81. The van der Waals surface area contributed by atoms with Gasteiger partial charge in [-0.15, -0.1) is 16.4 Å². The van der Waals surface area contributed by atoms with Crippen molar-refractivity contribution in [1.82, 2.24) is 19.5 Å². The highest BCUT2D eigenvalue weighted by Crippen LogP contribution is 2.27. The molecule has 0 aliphatic carbocycles. The molecule has 3 aromatic rings. The number of fused-ring (bicyclic) bond motifs is 1. The molecule has 0 unspecified atom stereocenters. The molecule has 122 valence electrons. The van der Waals surface area contributed by atoms with Gasteiger partial charge in [-0.3, -0.25) is 0 Å². The maximum atomic E-state index is 5.79. The number of unbranched alkanes of at least 4 members (excludes halogenated alkanes) is 1. The van der Waals surface area contributed by atoms with Crippen molar-refractivity contribution >= 4 is 17.0 Å². The van der Waals surface area contributed by atoms with E-state index in [0.29, 0.717) is 12.5 Å². The number of nitrogens with zero attached hydrogens (tertiary/aromatic N) is 4. The summed E-state index contributed by atoms with van der Waals surface area (Å²) in [5.74, 6) is 0.648. The van der Waals surface area contributed by atoms with Gasteiger partial charge in [-0.2, -0.15) is 0 Å². The van der Waals surface area contributed by atoms with Crippen LogP contribution in [0.15, 0.2) is 29.8 Å². The van der Waals surface area contributed by atoms with Crippen LogP contribution >= 0.6 is 11.3 Å². The Balaban J connectivity index is 1.71. The van der Waals surface area contributed by atoms with E-state index >= 15 is 0 Å². The summed E-state index contributed by atoms with van der Waals surface area (Å²) in [6.45, 7) is 3.87. The minimum Gasteiger partial charge on any atom is -0.477 e. The molecular weight excluding hydrogens is 308 g/mol. The molecule has 6 heteroatoms. The summed E-state index contributed by atoms with van der Waals surface area (Å²) in [6.07, 6.45) is 4.02. The summed E-state index contributed by atoms with van der Waals surface area (Å²) in [7, 11) is 4.17. The SMILES string of the molecule is Cc1csc(-c2cnc3ccc(OCCCCN(C)C)nn23)c1. The number of thiophene rings is 1. The van der Waals surface area contributed by atoms with Gasteiger partial charge < -0.3 is 9.64 Å². The molecule has 3 aromatic heterocycles. The van der Waals surface area contributed by atoms with Crippen LogP contribution in [0.25, 0.3) is 16.2 Å². The Labute approximate surface area is 140 Å². The van der Waals surface area contributed by atoms with E-state index < -0.39 is 0 Å². The Hall–Kier alpha value is -1.92. The predicted molar refractivity (Wildman–Crippen MR) is 94.3 cm³/mol. The summed E-state index contributed by atoms with van der Waals surface area (Å²) in [5, 5.41) is 6.72. The third kappa shape index (κ3) is 3.89. The summed E-state index contributed by atoms with van der Waals surface area (Å²) in [5.41, 5.74) is 3.11. The normalized spacial score (nSPS) is 11.5. The van der Waals surface area contributed by atoms with Gasteiger partial charge in [0.15, 0.2) is 5.65 Å². The highest BCUT2D eigenvalue weighted by atomic mass is 32.1. The van der Waals surface area contributed by atoms with Crippen molar-refractivity contribution in [1.29, 1.82) is 0 Å². The van der Waals surface area contributed by atoms with Gasteiger partial charge in [-0.1, -0.05) is 0 Å². The lowest BCUT2D eigenvalue weighted by Crippen LogP contribution is -2.14. The number of imidazole rings is 1. The smallest absolute Gasteiger partial charge is 0.231 e. The van der Waals surface area contributed by atoms with E-state index in [1.54, 1.807) is 11.3 Å². The zero-order valence-corrected chi connectivity index (χ0v) is 14.6. The van der Waals surface area contributed by atoms with Gasteiger partial charge >= 0.3 is 0 Å². The van der Waals surface area contributed by atoms with Crippen LogP contribution in [-0.2, 0) is 0 Å². The average molecular weight is 330 g/mol. The average Bonchev–Trinajstić information content (AvgIpc) is 3.12. The molecule has 3 heterocycles. The molecule has 0 fully saturated rings. The van der Waals surface area contributed by atoms with Crippen molar-refractivity contribution in [3.8, 4) is 16.5 Å². The van der Waals surface area contributed by atoms with Crippen molar-refractivity contribution in [2.24, 2.45) is 0 Å². The number of ether oxygens (including phenoxy) is 1. The molecule has 0 aliphatic rings. The van der Waals surface area contributed by atoms with E-state index in [1.807, 2.05) is 22.8 Å². The van der Waals surface area contributed by atoms with Crippen molar-refractivity contribution in [2.75, 3.05) is 27.2 Å². The molecule has 0 aromatic carbocycles. The van der Waals surface area contributed by atoms with E-state index in [0.717, 1.165) is 30.7 Å². The molecule has 0 aliphatic heterocycles. The highest BCUT2D eigenvalue weighted by molar-refractivity contribution is 7.13. The third-order valence-electron chi connectivity index (χ3n) is 3.57. The van der Waals surface area contributed by atoms with E-state index in [9.17, 15) is 0 Å². The Morgan fingerprint density at radius 2 is 2.13 bits per heavy atom. The zero-order valence-electron chi connectivity index (χ0n) is 13.8. The van der Waals surface area contributed by atoms with Gasteiger partial charge in [-0.05, 0) is 63.5 Å². The standard InChI is InChI=1S/C17H22N4OS/c1-13-10-15(23-12-13)14-11-18-16-6-7-17(19-21(14)16)22-9-5-4-8-20(2)3/h6-7,10-12H,4-5,8-9H2,1-3H3. The Morgan fingerprint density at radius 3 is 2.87 bits per heavy atom. The van der Waals surface area contributed by atoms with Crippen LogP contribution in [0.5, 0.6) is 5.88 Å². The number of aryl methyl sites for hydroxylation is 1. The molecule has 3 rings (SSSR count). The molecule has 0 amide bonds. The van der Waals surface area contributed by atoms with Gasteiger partial charge in [0.2, 0.25) is 5.88 Å². The molecule has 0 spiro atoms. The molecule has 0 bridgehead atoms. The second kappa shape index (κ2) is 7.10. The van der Waals surface area contributed by atoms with Crippen LogP contribution in [0.4, 0.5) is 0 Å². The first-order chi connectivity index (χ1) is 11.1. The maximum absolute atomic E-state index is 5.79. The summed E-state index contributed by atoms with van der Waals surface area (Å²) >= 11 is 1.71. The quantitative estimate of drug-likeness (QED) is 0.622. The lowest BCUT2D eigenvalue weighted by atomic mass is 10.3. The lowest BCUT2D eigenvalue weighted by Gasteiger charge is -2.09. The van der Waals surface area contributed by atoms with Crippen LogP contribution in [0, 0.1) is 6.92 Å². The minimum absolute atomic E-state index is 0.648. The Bertz CT molecular complexity index is 778. The number of rotatable bonds is 7. The topological polar surface area (TPSA) is 42.7 Å². The molecule has 0 N–H and O–H groups in total. The first-order valence-corrected chi connectivity index (χ1v) is 8.69. The molecule has 0 saturated heterocycles. The maximum Gasteiger partial charge on any atom is 0.231 e. The molecule has 0 atom stereocenters. The van der Waals surface area contributed by atoms with Crippen LogP contribution in [-0.4, -0.2) is 46.7 Å². The van der Waals surface area contributed by atoms with Crippen LogP contribution in [0.2, 0.25) is 0 Å². The molecule has 0 radical (unpaired) electrons. The second-order valence-corrected chi connectivity index (χ2v) is 6.84. The van der Waals surface area contributed by atoms with Gasteiger partial charge in [-0.25, -0.2) is 9.50 Å². The second-order valence-electron chi connectivity index (χ2n) is 5.93. The number of hydrogen-bond acceptors (Lipinski definition) is 5. The largest absolute Gasteiger partial charge is 0.477 e. The Kier molecular flexibility index (Phi) is 4.93. The summed E-state index contributed by atoms with van der Waals surface area (Å²) in [6, 6.07) is 5.99. The van der Waals surface area contributed by atoms with E-state index in [1.165, 1.54) is 10.4 Å². The predicted octanol–water partition coefficient (Wildman–Crippen LogP) is 3.49. The summed E-state index contributed by atoms with van der Waals surface area (Å²) in [4.78, 5) is 7.78. The molecule has 0 saturated carbocycles. The van der Waals surface area contributed by atoms with Gasteiger partial charge in [0, 0.05) is 6.07 Å². The van der Waals surface area contributed by atoms with Crippen LogP contribution in [0.1, 0.15) is 18.4 Å². The fourth-order valence-corrected chi connectivity index (χ4v) is 3.27.